The lowest BCUT2D eigenvalue weighted by atomic mass is 10.0. The standard InChI is InChI=1S/C19H26N4O/c1-4-7-11-20-19(24)16-12-22-17(13-21-16)23-18-14(5-2)9-8-10-15(18)6-3/h8-10,12-13H,4-7,11H2,1-3H3,(H,20,24)(H,22,23). The predicted molar refractivity (Wildman–Crippen MR) is 97.8 cm³/mol. The quantitative estimate of drug-likeness (QED) is 0.723. The molecule has 5 heteroatoms. The number of carbonyl (C=O) groups is 1. The molecule has 24 heavy (non-hydrogen) atoms. The van der Waals surface area contributed by atoms with Crippen molar-refractivity contribution in [3.63, 3.8) is 0 Å². The van der Waals surface area contributed by atoms with Crippen molar-refractivity contribution in [2.45, 2.75) is 46.5 Å². The molecule has 0 fully saturated rings. The van der Waals surface area contributed by atoms with Crippen LogP contribution >= 0.6 is 0 Å². The molecule has 1 aromatic heterocycles. The molecule has 1 heterocycles. The summed E-state index contributed by atoms with van der Waals surface area (Å²) >= 11 is 0. The number of aryl methyl sites for hydroxylation is 2. The van der Waals surface area contributed by atoms with Gasteiger partial charge in [0.05, 0.1) is 12.4 Å². The number of carbonyl (C=O) groups excluding carboxylic acids is 1. The van der Waals surface area contributed by atoms with Crippen LogP contribution in [-0.2, 0) is 12.8 Å². The Labute approximate surface area is 143 Å². The lowest BCUT2D eigenvalue weighted by molar-refractivity contribution is 0.0948. The zero-order chi connectivity index (χ0) is 17.4. The molecule has 2 N–H and O–H groups in total. The third-order valence-corrected chi connectivity index (χ3v) is 3.95. The maximum absolute atomic E-state index is 12.0. The van der Waals surface area contributed by atoms with Crippen molar-refractivity contribution in [3.05, 3.63) is 47.4 Å². The molecule has 1 aromatic carbocycles. The third-order valence-electron chi connectivity index (χ3n) is 3.95. The number of para-hydroxylation sites is 1. The summed E-state index contributed by atoms with van der Waals surface area (Å²) in [4.78, 5) is 20.5. The molecule has 0 spiro atoms. The third kappa shape index (κ3) is 4.54. The minimum Gasteiger partial charge on any atom is -0.351 e. The monoisotopic (exact) mass is 326 g/mol. The number of anilines is 2. The van der Waals surface area contributed by atoms with Gasteiger partial charge in [-0.2, -0.15) is 0 Å². The molecule has 0 unspecified atom stereocenters. The maximum Gasteiger partial charge on any atom is 0.271 e. The lowest BCUT2D eigenvalue weighted by Crippen LogP contribution is -2.25. The van der Waals surface area contributed by atoms with E-state index >= 15 is 0 Å². The summed E-state index contributed by atoms with van der Waals surface area (Å²) in [5.74, 6) is 0.474. The molecular weight excluding hydrogens is 300 g/mol. The van der Waals surface area contributed by atoms with E-state index in [9.17, 15) is 4.79 Å². The fourth-order valence-corrected chi connectivity index (χ4v) is 2.51. The number of benzene rings is 1. The van der Waals surface area contributed by atoms with Crippen LogP contribution in [0.4, 0.5) is 11.5 Å². The first-order chi connectivity index (χ1) is 11.7. The van der Waals surface area contributed by atoms with Gasteiger partial charge in [-0.25, -0.2) is 9.97 Å². The number of hydrogen-bond acceptors (Lipinski definition) is 4. The van der Waals surface area contributed by atoms with Crippen molar-refractivity contribution in [2.24, 2.45) is 0 Å². The van der Waals surface area contributed by atoms with Crippen molar-refractivity contribution in [1.82, 2.24) is 15.3 Å². The zero-order valence-corrected chi connectivity index (χ0v) is 14.7. The molecule has 2 rings (SSSR count). The number of nitrogens with zero attached hydrogens (tertiary/aromatic N) is 2. The van der Waals surface area contributed by atoms with Crippen LogP contribution in [0.5, 0.6) is 0 Å². The Bertz CT molecular complexity index is 645. The largest absolute Gasteiger partial charge is 0.351 e. The van der Waals surface area contributed by atoms with Crippen molar-refractivity contribution in [3.8, 4) is 0 Å². The molecule has 0 atom stereocenters. The number of aromatic nitrogens is 2. The van der Waals surface area contributed by atoms with E-state index in [1.807, 2.05) is 0 Å². The number of hydrogen-bond donors (Lipinski definition) is 2. The Morgan fingerprint density at radius 2 is 1.75 bits per heavy atom. The van der Waals surface area contributed by atoms with Crippen LogP contribution in [0.2, 0.25) is 0 Å². The molecule has 0 aliphatic carbocycles. The van der Waals surface area contributed by atoms with Crippen LogP contribution < -0.4 is 10.6 Å². The molecule has 0 saturated carbocycles. The molecule has 0 radical (unpaired) electrons. The van der Waals surface area contributed by atoms with Crippen LogP contribution in [-0.4, -0.2) is 22.4 Å². The summed E-state index contributed by atoms with van der Waals surface area (Å²) < 4.78 is 0. The Hall–Kier alpha value is -2.43. The highest BCUT2D eigenvalue weighted by Crippen LogP contribution is 2.25. The van der Waals surface area contributed by atoms with Crippen molar-refractivity contribution in [2.75, 3.05) is 11.9 Å². The highest BCUT2D eigenvalue weighted by Gasteiger charge is 2.10. The molecule has 2 aromatic rings. The molecule has 5 nitrogen and oxygen atoms in total. The maximum atomic E-state index is 12.0. The van der Waals surface area contributed by atoms with Gasteiger partial charge in [0.2, 0.25) is 0 Å². The molecule has 0 bridgehead atoms. The Morgan fingerprint density at radius 1 is 1.04 bits per heavy atom. The van der Waals surface area contributed by atoms with E-state index in [2.05, 4.69) is 59.6 Å². The molecule has 0 aliphatic heterocycles. The second-order valence-electron chi connectivity index (χ2n) is 5.68. The molecule has 0 aliphatic rings. The second-order valence-corrected chi connectivity index (χ2v) is 5.68. The first-order valence-corrected chi connectivity index (χ1v) is 8.67. The SMILES string of the molecule is CCCCNC(=O)c1cnc(Nc2c(CC)cccc2CC)cn1. The van der Waals surface area contributed by atoms with Gasteiger partial charge < -0.3 is 10.6 Å². The minimum absolute atomic E-state index is 0.175. The van der Waals surface area contributed by atoms with Gasteiger partial charge in [-0.05, 0) is 30.4 Å². The fourth-order valence-electron chi connectivity index (χ4n) is 2.51. The van der Waals surface area contributed by atoms with E-state index in [0.29, 0.717) is 18.1 Å². The smallest absolute Gasteiger partial charge is 0.271 e. The average Bonchev–Trinajstić information content (AvgIpc) is 2.62. The first kappa shape index (κ1) is 17.9. The highest BCUT2D eigenvalue weighted by molar-refractivity contribution is 5.92. The van der Waals surface area contributed by atoms with Crippen LogP contribution in [0, 0.1) is 0 Å². The van der Waals surface area contributed by atoms with E-state index in [1.165, 1.54) is 17.3 Å². The van der Waals surface area contributed by atoms with E-state index in [4.69, 9.17) is 0 Å². The van der Waals surface area contributed by atoms with Gasteiger partial charge >= 0.3 is 0 Å². The zero-order valence-electron chi connectivity index (χ0n) is 14.7. The molecule has 128 valence electrons. The topological polar surface area (TPSA) is 66.9 Å². The number of amides is 1. The summed E-state index contributed by atoms with van der Waals surface area (Å²) in [6.07, 6.45) is 7.03. The minimum atomic E-state index is -0.175. The van der Waals surface area contributed by atoms with Crippen LogP contribution in [0.15, 0.2) is 30.6 Å². The normalized spacial score (nSPS) is 10.5. The number of rotatable bonds is 8. The van der Waals surface area contributed by atoms with E-state index in [1.54, 1.807) is 6.20 Å². The van der Waals surface area contributed by atoms with Gasteiger partial charge in [0.25, 0.3) is 5.91 Å². The molecule has 0 saturated heterocycles. The van der Waals surface area contributed by atoms with Crippen LogP contribution in [0.3, 0.4) is 0 Å². The summed E-state index contributed by atoms with van der Waals surface area (Å²) in [7, 11) is 0. The van der Waals surface area contributed by atoms with Gasteiger partial charge in [0.15, 0.2) is 0 Å². The van der Waals surface area contributed by atoms with Gasteiger partial charge in [0.1, 0.15) is 11.5 Å². The Kier molecular flexibility index (Phi) is 6.73. The van der Waals surface area contributed by atoms with Crippen LogP contribution in [0.1, 0.15) is 55.2 Å². The lowest BCUT2D eigenvalue weighted by Gasteiger charge is -2.14. The summed E-state index contributed by atoms with van der Waals surface area (Å²) in [5, 5.41) is 6.20. The van der Waals surface area contributed by atoms with Crippen LogP contribution in [0.25, 0.3) is 0 Å². The average molecular weight is 326 g/mol. The molecular formula is C19H26N4O. The van der Waals surface area contributed by atoms with Crippen molar-refractivity contribution in [1.29, 1.82) is 0 Å². The van der Waals surface area contributed by atoms with E-state index in [0.717, 1.165) is 31.4 Å². The Morgan fingerprint density at radius 3 is 2.29 bits per heavy atom. The molecule has 1 amide bonds. The summed E-state index contributed by atoms with van der Waals surface area (Å²) in [6.45, 7) is 7.02. The van der Waals surface area contributed by atoms with Gasteiger partial charge in [-0.3, -0.25) is 4.79 Å². The first-order valence-electron chi connectivity index (χ1n) is 8.67. The highest BCUT2D eigenvalue weighted by atomic mass is 16.1. The Balaban J connectivity index is 2.11. The summed E-state index contributed by atoms with van der Waals surface area (Å²) in [5.41, 5.74) is 3.93. The van der Waals surface area contributed by atoms with Gasteiger partial charge in [-0.1, -0.05) is 45.4 Å². The predicted octanol–water partition coefficient (Wildman–Crippen LogP) is 3.87. The second kappa shape index (κ2) is 9.01. The summed E-state index contributed by atoms with van der Waals surface area (Å²) in [6, 6.07) is 6.31. The van der Waals surface area contributed by atoms with Crippen molar-refractivity contribution < 1.29 is 4.79 Å². The van der Waals surface area contributed by atoms with Gasteiger partial charge in [0, 0.05) is 12.2 Å². The van der Waals surface area contributed by atoms with E-state index < -0.39 is 0 Å². The number of unbranched alkanes of at least 4 members (excludes halogenated alkanes) is 1. The fraction of sp³-hybridized carbons (Fsp3) is 0.421. The van der Waals surface area contributed by atoms with Crippen molar-refractivity contribution >= 4 is 17.4 Å². The van der Waals surface area contributed by atoms with E-state index in [-0.39, 0.29) is 5.91 Å². The number of nitrogens with one attached hydrogen (secondary N) is 2. The van der Waals surface area contributed by atoms with Gasteiger partial charge in [-0.15, -0.1) is 0 Å².